The number of likely N-dealkylation sites (tertiary alicyclic amines) is 1. The first kappa shape index (κ1) is 14.8. The number of ether oxygens (including phenoxy) is 2. The number of methoxy groups -OCH3 is 2. The Kier molecular flexibility index (Phi) is 4.95. The molecule has 5 heteroatoms. The topological polar surface area (TPSA) is 51.7 Å². The van der Waals surface area contributed by atoms with Crippen molar-refractivity contribution in [2.75, 3.05) is 33.9 Å². The molecule has 20 heavy (non-hydrogen) atoms. The molecular weight excluding hydrogens is 256 g/mol. The second-order valence-electron chi connectivity index (χ2n) is 5.21. The Bertz CT molecular complexity index is 476. The van der Waals surface area contributed by atoms with Crippen molar-refractivity contribution in [2.24, 2.45) is 5.92 Å². The molecule has 1 fully saturated rings. The van der Waals surface area contributed by atoms with Crippen molar-refractivity contribution in [3.63, 3.8) is 0 Å². The fourth-order valence-electron chi connectivity index (χ4n) is 2.61. The SMILES string of the molecule is COCCN1C[C@@H](Cc2nc(C)ccc2OC)CC1=O. The fraction of sp³-hybridized carbons (Fsp3) is 0.600. The molecule has 1 saturated heterocycles. The van der Waals surface area contributed by atoms with Crippen LogP contribution in [-0.2, 0) is 16.0 Å². The van der Waals surface area contributed by atoms with E-state index in [1.807, 2.05) is 24.0 Å². The van der Waals surface area contributed by atoms with Gasteiger partial charge in [-0.3, -0.25) is 9.78 Å². The number of aromatic nitrogens is 1. The van der Waals surface area contributed by atoms with Gasteiger partial charge in [0.1, 0.15) is 5.75 Å². The van der Waals surface area contributed by atoms with Crippen molar-refractivity contribution in [1.29, 1.82) is 0 Å². The van der Waals surface area contributed by atoms with Crippen LogP contribution in [0.2, 0.25) is 0 Å². The van der Waals surface area contributed by atoms with Crippen LogP contribution in [0, 0.1) is 12.8 Å². The number of carbonyl (C=O) groups excluding carboxylic acids is 1. The van der Waals surface area contributed by atoms with Gasteiger partial charge in [0, 0.05) is 32.3 Å². The summed E-state index contributed by atoms with van der Waals surface area (Å²) >= 11 is 0. The lowest BCUT2D eigenvalue weighted by Crippen LogP contribution is -2.29. The predicted molar refractivity (Wildman–Crippen MR) is 75.8 cm³/mol. The molecule has 0 radical (unpaired) electrons. The molecule has 0 spiro atoms. The monoisotopic (exact) mass is 278 g/mol. The molecule has 1 amide bonds. The molecule has 0 saturated carbocycles. The van der Waals surface area contributed by atoms with E-state index in [2.05, 4.69) is 4.98 Å². The van der Waals surface area contributed by atoms with Gasteiger partial charge in [0.25, 0.3) is 0 Å². The summed E-state index contributed by atoms with van der Waals surface area (Å²) in [6, 6.07) is 3.88. The highest BCUT2D eigenvalue weighted by Gasteiger charge is 2.30. The van der Waals surface area contributed by atoms with E-state index >= 15 is 0 Å². The summed E-state index contributed by atoms with van der Waals surface area (Å²) in [6.07, 6.45) is 1.36. The van der Waals surface area contributed by atoms with Crippen molar-refractivity contribution < 1.29 is 14.3 Å². The van der Waals surface area contributed by atoms with Gasteiger partial charge in [-0.05, 0) is 31.4 Å². The van der Waals surface area contributed by atoms with Crippen LogP contribution in [-0.4, -0.2) is 49.7 Å². The largest absolute Gasteiger partial charge is 0.495 e. The van der Waals surface area contributed by atoms with E-state index in [-0.39, 0.29) is 5.91 Å². The maximum atomic E-state index is 11.9. The Morgan fingerprint density at radius 3 is 2.90 bits per heavy atom. The molecule has 0 aliphatic carbocycles. The predicted octanol–water partition coefficient (Wildman–Crippen LogP) is 1.44. The third-order valence-corrected chi connectivity index (χ3v) is 3.63. The highest BCUT2D eigenvalue weighted by molar-refractivity contribution is 5.78. The van der Waals surface area contributed by atoms with Gasteiger partial charge in [-0.25, -0.2) is 0 Å². The van der Waals surface area contributed by atoms with E-state index in [1.54, 1.807) is 14.2 Å². The maximum Gasteiger partial charge on any atom is 0.223 e. The van der Waals surface area contributed by atoms with E-state index in [4.69, 9.17) is 9.47 Å². The van der Waals surface area contributed by atoms with Gasteiger partial charge in [0.2, 0.25) is 5.91 Å². The smallest absolute Gasteiger partial charge is 0.223 e. The number of carbonyl (C=O) groups is 1. The second-order valence-corrected chi connectivity index (χ2v) is 5.21. The molecule has 110 valence electrons. The Morgan fingerprint density at radius 1 is 1.40 bits per heavy atom. The Hall–Kier alpha value is -1.62. The van der Waals surface area contributed by atoms with Crippen LogP contribution in [0.15, 0.2) is 12.1 Å². The van der Waals surface area contributed by atoms with Crippen LogP contribution in [0.25, 0.3) is 0 Å². The van der Waals surface area contributed by atoms with E-state index in [0.29, 0.717) is 25.5 Å². The average Bonchev–Trinajstić information content (AvgIpc) is 2.77. The minimum atomic E-state index is 0.207. The van der Waals surface area contributed by atoms with Gasteiger partial charge in [-0.15, -0.1) is 0 Å². The van der Waals surface area contributed by atoms with E-state index in [9.17, 15) is 4.79 Å². The Morgan fingerprint density at radius 2 is 2.20 bits per heavy atom. The zero-order valence-corrected chi connectivity index (χ0v) is 12.4. The van der Waals surface area contributed by atoms with Crippen molar-refractivity contribution in [2.45, 2.75) is 19.8 Å². The van der Waals surface area contributed by atoms with Crippen LogP contribution in [0.5, 0.6) is 5.75 Å². The number of rotatable bonds is 6. The molecule has 1 aromatic rings. The third kappa shape index (κ3) is 3.48. The third-order valence-electron chi connectivity index (χ3n) is 3.63. The molecule has 1 aliphatic heterocycles. The summed E-state index contributed by atoms with van der Waals surface area (Å²) in [5.41, 5.74) is 1.92. The first-order chi connectivity index (χ1) is 9.63. The number of nitrogens with zero attached hydrogens (tertiary/aromatic N) is 2. The number of aryl methyl sites for hydroxylation is 1. The summed E-state index contributed by atoms with van der Waals surface area (Å²) in [7, 11) is 3.31. The van der Waals surface area contributed by atoms with Crippen LogP contribution in [0.1, 0.15) is 17.8 Å². The molecule has 1 aliphatic rings. The first-order valence-corrected chi connectivity index (χ1v) is 6.91. The number of hydrogen-bond donors (Lipinski definition) is 0. The molecular formula is C15H22N2O3. The van der Waals surface area contributed by atoms with Gasteiger partial charge < -0.3 is 14.4 Å². The van der Waals surface area contributed by atoms with Crippen molar-refractivity contribution in [3.8, 4) is 5.75 Å². The normalized spacial score (nSPS) is 18.6. The zero-order valence-electron chi connectivity index (χ0n) is 12.4. The lowest BCUT2D eigenvalue weighted by atomic mass is 10.0. The highest BCUT2D eigenvalue weighted by Crippen LogP contribution is 2.25. The van der Waals surface area contributed by atoms with Crippen molar-refractivity contribution in [1.82, 2.24) is 9.88 Å². The average molecular weight is 278 g/mol. The molecule has 1 atom stereocenters. The molecule has 0 aromatic carbocycles. The highest BCUT2D eigenvalue weighted by atomic mass is 16.5. The van der Waals surface area contributed by atoms with Gasteiger partial charge in [-0.2, -0.15) is 0 Å². The van der Waals surface area contributed by atoms with Crippen LogP contribution >= 0.6 is 0 Å². The Labute approximate surface area is 119 Å². The summed E-state index contributed by atoms with van der Waals surface area (Å²) in [4.78, 5) is 18.3. The summed E-state index contributed by atoms with van der Waals surface area (Å²) in [6.45, 7) is 4.00. The minimum absolute atomic E-state index is 0.207. The number of hydrogen-bond acceptors (Lipinski definition) is 4. The molecule has 0 bridgehead atoms. The van der Waals surface area contributed by atoms with E-state index < -0.39 is 0 Å². The number of pyridine rings is 1. The van der Waals surface area contributed by atoms with Crippen LogP contribution < -0.4 is 4.74 Å². The standard InChI is InChI=1S/C15H22N2O3/c1-11-4-5-14(20-3)13(16-11)8-12-9-15(18)17(10-12)6-7-19-2/h4-5,12H,6-10H2,1-3H3/t12-/m0/s1. The molecule has 5 nitrogen and oxygen atoms in total. The number of amides is 1. The van der Waals surface area contributed by atoms with Crippen molar-refractivity contribution in [3.05, 3.63) is 23.5 Å². The van der Waals surface area contributed by atoms with Crippen molar-refractivity contribution >= 4 is 5.91 Å². The fourth-order valence-corrected chi connectivity index (χ4v) is 2.61. The van der Waals surface area contributed by atoms with E-state index in [1.165, 1.54) is 0 Å². The maximum absolute atomic E-state index is 11.9. The first-order valence-electron chi connectivity index (χ1n) is 6.91. The summed E-state index contributed by atoms with van der Waals surface area (Å²) in [5.74, 6) is 1.32. The molecule has 2 heterocycles. The van der Waals surface area contributed by atoms with E-state index in [0.717, 1.165) is 30.1 Å². The Balaban J connectivity index is 2.01. The molecule has 0 unspecified atom stereocenters. The summed E-state index contributed by atoms with van der Waals surface area (Å²) in [5, 5.41) is 0. The summed E-state index contributed by atoms with van der Waals surface area (Å²) < 4.78 is 10.4. The molecule has 0 N–H and O–H groups in total. The quantitative estimate of drug-likeness (QED) is 0.790. The second kappa shape index (κ2) is 6.70. The van der Waals surface area contributed by atoms with Crippen LogP contribution in [0.3, 0.4) is 0 Å². The van der Waals surface area contributed by atoms with Gasteiger partial charge in [0.15, 0.2) is 0 Å². The minimum Gasteiger partial charge on any atom is -0.495 e. The van der Waals surface area contributed by atoms with Gasteiger partial charge in [0.05, 0.1) is 19.4 Å². The lowest BCUT2D eigenvalue weighted by molar-refractivity contribution is -0.128. The molecule has 1 aromatic heterocycles. The lowest BCUT2D eigenvalue weighted by Gasteiger charge is -2.16. The molecule has 2 rings (SSSR count). The van der Waals surface area contributed by atoms with Gasteiger partial charge >= 0.3 is 0 Å². The van der Waals surface area contributed by atoms with Gasteiger partial charge in [-0.1, -0.05) is 0 Å². The zero-order chi connectivity index (χ0) is 14.5. The van der Waals surface area contributed by atoms with Crippen LogP contribution in [0.4, 0.5) is 0 Å².